The van der Waals surface area contributed by atoms with Crippen molar-refractivity contribution >= 4 is 11.8 Å². The molecular weight excluding hydrogens is 264 g/mol. The zero-order valence-corrected chi connectivity index (χ0v) is 13.5. The number of amides is 2. The van der Waals surface area contributed by atoms with Crippen LogP contribution < -0.4 is 4.90 Å². The molecule has 1 saturated heterocycles. The summed E-state index contributed by atoms with van der Waals surface area (Å²) in [5, 5.41) is 0. The van der Waals surface area contributed by atoms with Crippen LogP contribution in [-0.4, -0.2) is 61.1 Å². The van der Waals surface area contributed by atoms with Crippen LogP contribution in [-0.2, 0) is 0 Å². The largest absolute Gasteiger partial charge is 0.325 e. The number of likely N-dealkylation sites (tertiary alicyclic amines) is 1. The first-order valence-electron chi connectivity index (χ1n) is 7.51. The van der Waals surface area contributed by atoms with Gasteiger partial charge in [0.2, 0.25) is 0 Å². The summed E-state index contributed by atoms with van der Waals surface area (Å²) < 4.78 is 0. The Hall–Kier alpha value is -1.62. The number of nitrogens with zero attached hydrogens (tertiary/aromatic N) is 4. The van der Waals surface area contributed by atoms with Crippen LogP contribution in [0.3, 0.4) is 0 Å². The van der Waals surface area contributed by atoms with Gasteiger partial charge in [0, 0.05) is 32.4 Å². The maximum atomic E-state index is 12.8. The Morgan fingerprint density at radius 1 is 1.33 bits per heavy atom. The number of likely N-dealkylation sites (N-methyl/N-ethyl adjacent to an activating group) is 1. The summed E-state index contributed by atoms with van der Waals surface area (Å²) >= 11 is 0. The first-order chi connectivity index (χ1) is 9.89. The molecule has 0 bridgehead atoms. The van der Waals surface area contributed by atoms with Gasteiger partial charge in [-0.05, 0) is 38.1 Å². The van der Waals surface area contributed by atoms with Gasteiger partial charge in [0.25, 0.3) is 0 Å². The van der Waals surface area contributed by atoms with E-state index in [2.05, 4.69) is 23.7 Å². The highest BCUT2D eigenvalue weighted by Crippen LogP contribution is 2.29. The van der Waals surface area contributed by atoms with Crippen LogP contribution in [0.2, 0.25) is 0 Å². The summed E-state index contributed by atoms with van der Waals surface area (Å²) in [7, 11) is 4.03. The van der Waals surface area contributed by atoms with Crippen LogP contribution in [0.15, 0.2) is 24.4 Å². The lowest BCUT2D eigenvalue weighted by Crippen LogP contribution is -2.45. The summed E-state index contributed by atoms with van der Waals surface area (Å²) in [5.41, 5.74) is 0.215. The van der Waals surface area contributed by atoms with Crippen LogP contribution in [0.1, 0.15) is 20.3 Å². The molecule has 2 rings (SSSR count). The van der Waals surface area contributed by atoms with Crippen molar-refractivity contribution in [2.75, 3.05) is 45.2 Å². The standard InChI is InChI=1S/C16H26N4O/c1-16(2)8-10-19(13-16)15(21)20(12-11-18(3)4)14-7-5-6-9-17-14/h5-7,9H,8,10-13H2,1-4H3. The Morgan fingerprint density at radius 3 is 2.62 bits per heavy atom. The summed E-state index contributed by atoms with van der Waals surface area (Å²) in [5.74, 6) is 0.731. The first-order valence-corrected chi connectivity index (χ1v) is 7.51. The lowest BCUT2D eigenvalue weighted by Gasteiger charge is -2.29. The zero-order valence-electron chi connectivity index (χ0n) is 13.5. The van der Waals surface area contributed by atoms with Gasteiger partial charge in [0.15, 0.2) is 0 Å². The Bertz CT molecular complexity index is 472. The molecule has 0 atom stereocenters. The lowest BCUT2D eigenvalue weighted by molar-refractivity contribution is 0.209. The third-order valence-electron chi connectivity index (χ3n) is 3.88. The van der Waals surface area contributed by atoms with Crippen molar-refractivity contribution in [3.63, 3.8) is 0 Å². The molecule has 1 aliphatic heterocycles. The molecule has 0 aliphatic carbocycles. The van der Waals surface area contributed by atoms with E-state index >= 15 is 0 Å². The molecule has 5 nitrogen and oxygen atoms in total. The van der Waals surface area contributed by atoms with Gasteiger partial charge in [0.05, 0.1) is 0 Å². The minimum Gasteiger partial charge on any atom is -0.324 e. The van der Waals surface area contributed by atoms with Crippen molar-refractivity contribution in [1.29, 1.82) is 0 Å². The lowest BCUT2D eigenvalue weighted by atomic mass is 9.93. The van der Waals surface area contributed by atoms with Crippen LogP contribution in [0.25, 0.3) is 0 Å². The maximum absolute atomic E-state index is 12.8. The van der Waals surface area contributed by atoms with Gasteiger partial charge in [-0.3, -0.25) is 4.90 Å². The summed E-state index contributed by atoms with van der Waals surface area (Å²) in [6.07, 6.45) is 2.79. The molecule has 1 aliphatic rings. The number of aromatic nitrogens is 1. The van der Waals surface area contributed by atoms with Crippen LogP contribution in [0.5, 0.6) is 0 Å². The highest BCUT2D eigenvalue weighted by molar-refractivity contribution is 5.91. The van der Waals surface area contributed by atoms with Gasteiger partial charge >= 0.3 is 6.03 Å². The summed E-state index contributed by atoms with van der Waals surface area (Å²) in [4.78, 5) is 23.0. The fourth-order valence-electron chi connectivity index (χ4n) is 2.57. The molecule has 0 unspecified atom stereocenters. The average Bonchev–Trinajstić information content (AvgIpc) is 2.80. The van der Waals surface area contributed by atoms with E-state index in [0.29, 0.717) is 6.54 Å². The van der Waals surface area contributed by atoms with Crippen molar-refractivity contribution in [2.45, 2.75) is 20.3 Å². The Labute approximate surface area is 127 Å². The fourth-order valence-corrected chi connectivity index (χ4v) is 2.57. The Balaban J connectivity index is 2.13. The van der Waals surface area contributed by atoms with Crippen molar-refractivity contribution < 1.29 is 4.79 Å². The molecule has 116 valence electrons. The molecule has 1 aromatic rings. The minimum absolute atomic E-state index is 0.0705. The minimum atomic E-state index is 0.0705. The Morgan fingerprint density at radius 2 is 2.10 bits per heavy atom. The molecule has 5 heteroatoms. The number of anilines is 1. The number of urea groups is 1. The number of hydrogen-bond donors (Lipinski definition) is 0. The van der Waals surface area contributed by atoms with Gasteiger partial charge < -0.3 is 9.80 Å². The second-order valence-corrected chi connectivity index (χ2v) is 6.76. The molecule has 0 spiro atoms. The topological polar surface area (TPSA) is 39.7 Å². The predicted molar refractivity (Wildman–Crippen MR) is 85.5 cm³/mol. The van der Waals surface area contributed by atoms with E-state index in [1.165, 1.54) is 0 Å². The van der Waals surface area contributed by atoms with Gasteiger partial charge in [-0.1, -0.05) is 19.9 Å². The first kappa shape index (κ1) is 15.8. The Kier molecular flexibility index (Phi) is 4.83. The smallest absolute Gasteiger partial charge is 0.324 e. The van der Waals surface area contributed by atoms with Crippen LogP contribution in [0, 0.1) is 5.41 Å². The number of rotatable bonds is 4. The number of pyridine rings is 1. The quantitative estimate of drug-likeness (QED) is 0.854. The maximum Gasteiger partial charge on any atom is 0.325 e. The molecule has 0 radical (unpaired) electrons. The van der Waals surface area contributed by atoms with E-state index < -0.39 is 0 Å². The van der Waals surface area contributed by atoms with Gasteiger partial charge in [0.1, 0.15) is 5.82 Å². The third-order valence-corrected chi connectivity index (χ3v) is 3.88. The molecular formula is C16H26N4O. The third kappa shape index (κ3) is 4.17. The molecule has 21 heavy (non-hydrogen) atoms. The SMILES string of the molecule is CN(C)CCN(C(=O)N1CCC(C)(C)C1)c1ccccn1. The number of hydrogen-bond acceptors (Lipinski definition) is 3. The molecule has 0 saturated carbocycles. The van der Waals surface area contributed by atoms with Gasteiger partial charge in [-0.2, -0.15) is 0 Å². The van der Waals surface area contributed by atoms with Crippen molar-refractivity contribution in [1.82, 2.24) is 14.8 Å². The summed E-state index contributed by atoms with van der Waals surface area (Å²) in [6.45, 7) is 7.55. The van der Waals surface area contributed by atoms with E-state index in [4.69, 9.17) is 0 Å². The highest BCUT2D eigenvalue weighted by atomic mass is 16.2. The van der Waals surface area contributed by atoms with E-state index in [1.54, 1.807) is 11.1 Å². The molecule has 1 fully saturated rings. The average molecular weight is 290 g/mol. The fraction of sp³-hybridized carbons (Fsp3) is 0.625. The molecule has 2 amide bonds. The van der Waals surface area contributed by atoms with Crippen LogP contribution in [0.4, 0.5) is 10.6 Å². The summed E-state index contributed by atoms with van der Waals surface area (Å²) in [6, 6.07) is 5.76. The number of carbonyl (C=O) groups is 1. The second-order valence-electron chi connectivity index (χ2n) is 6.76. The molecule has 2 heterocycles. The highest BCUT2D eigenvalue weighted by Gasteiger charge is 2.34. The van der Waals surface area contributed by atoms with E-state index in [-0.39, 0.29) is 11.4 Å². The van der Waals surface area contributed by atoms with E-state index in [9.17, 15) is 4.79 Å². The molecule has 1 aromatic heterocycles. The van der Waals surface area contributed by atoms with Gasteiger partial charge in [-0.15, -0.1) is 0 Å². The van der Waals surface area contributed by atoms with E-state index in [0.717, 1.165) is 31.9 Å². The normalized spacial score (nSPS) is 17.3. The van der Waals surface area contributed by atoms with E-state index in [1.807, 2.05) is 37.2 Å². The predicted octanol–water partition coefficient (Wildman–Crippen LogP) is 2.30. The van der Waals surface area contributed by atoms with Crippen molar-refractivity contribution in [3.05, 3.63) is 24.4 Å². The molecule has 0 aromatic carbocycles. The van der Waals surface area contributed by atoms with Gasteiger partial charge in [-0.25, -0.2) is 9.78 Å². The monoisotopic (exact) mass is 290 g/mol. The zero-order chi connectivity index (χ0) is 15.5. The van der Waals surface area contributed by atoms with Crippen molar-refractivity contribution in [2.24, 2.45) is 5.41 Å². The molecule has 0 N–H and O–H groups in total. The second kappa shape index (κ2) is 6.43. The van der Waals surface area contributed by atoms with Crippen LogP contribution >= 0.6 is 0 Å². The van der Waals surface area contributed by atoms with Crippen molar-refractivity contribution in [3.8, 4) is 0 Å². The number of carbonyl (C=O) groups excluding carboxylic acids is 1.